The number of rotatable bonds is 3. The Morgan fingerprint density at radius 1 is 1.15 bits per heavy atom. The van der Waals surface area contributed by atoms with Crippen LogP contribution in [-0.4, -0.2) is 6.09 Å². The summed E-state index contributed by atoms with van der Waals surface area (Å²) in [5, 5.41) is 3.66. The molecule has 1 amide bonds. The molecule has 0 fully saturated rings. The predicted octanol–water partition coefficient (Wildman–Crippen LogP) is 5.17. The van der Waals surface area contributed by atoms with E-state index in [1.807, 2.05) is 19.1 Å². The molecule has 0 bridgehead atoms. The van der Waals surface area contributed by atoms with E-state index < -0.39 is 6.09 Å². The van der Waals surface area contributed by atoms with Crippen molar-refractivity contribution in [3.63, 3.8) is 0 Å². The monoisotopic (exact) mass is 309 g/mol. The van der Waals surface area contributed by atoms with Crippen LogP contribution in [0.3, 0.4) is 0 Å². The van der Waals surface area contributed by atoms with Crippen molar-refractivity contribution in [3.05, 3.63) is 58.1 Å². The molecule has 0 saturated carbocycles. The van der Waals surface area contributed by atoms with Crippen molar-refractivity contribution in [3.8, 4) is 5.75 Å². The number of halogens is 2. The molecule has 0 heterocycles. The molecular formula is C15H13Cl2NO2. The summed E-state index contributed by atoms with van der Waals surface area (Å²) in [7, 11) is 0. The number of aryl methyl sites for hydroxylation is 1. The first kappa shape index (κ1) is 14.7. The minimum Gasteiger partial charge on any atom is -0.410 e. The van der Waals surface area contributed by atoms with Crippen LogP contribution in [-0.2, 0) is 6.42 Å². The highest BCUT2D eigenvalue weighted by atomic mass is 35.5. The van der Waals surface area contributed by atoms with Crippen LogP contribution in [0, 0.1) is 0 Å². The second kappa shape index (κ2) is 6.64. The van der Waals surface area contributed by atoms with Crippen molar-refractivity contribution < 1.29 is 9.53 Å². The van der Waals surface area contributed by atoms with Gasteiger partial charge in [-0.2, -0.15) is 0 Å². The van der Waals surface area contributed by atoms with E-state index in [-0.39, 0.29) is 0 Å². The second-order valence-electron chi connectivity index (χ2n) is 4.14. The van der Waals surface area contributed by atoms with Crippen LogP contribution in [0.1, 0.15) is 12.5 Å². The molecule has 0 atom stereocenters. The van der Waals surface area contributed by atoms with E-state index in [0.29, 0.717) is 21.5 Å². The molecule has 0 aromatic heterocycles. The number of hydrogen-bond donors (Lipinski definition) is 1. The quantitative estimate of drug-likeness (QED) is 0.849. The molecule has 5 heteroatoms. The summed E-state index contributed by atoms with van der Waals surface area (Å²) in [5.41, 5.74) is 1.62. The average molecular weight is 310 g/mol. The lowest BCUT2D eigenvalue weighted by atomic mass is 10.1. The van der Waals surface area contributed by atoms with Crippen LogP contribution in [0.15, 0.2) is 42.5 Å². The number of benzene rings is 2. The number of carbonyl (C=O) groups excluding carboxylic acids is 1. The van der Waals surface area contributed by atoms with Gasteiger partial charge in [-0.25, -0.2) is 4.79 Å². The summed E-state index contributed by atoms with van der Waals surface area (Å²) in [5.74, 6) is 0.410. The van der Waals surface area contributed by atoms with E-state index in [9.17, 15) is 4.79 Å². The fourth-order valence-electron chi connectivity index (χ4n) is 1.63. The Morgan fingerprint density at radius 2 is 1.85 bits per heavy atom. The molecule has 1 N–H and O–H groups in total. The number of carbonyl (C=O) groups is 1. The summed E-state index contributed by atoms with van der Waals surface area (Å²) in [4.78, 5) is 11.7. The highest BCUT2D eigenvalue weighted by Crippen LogP contribution is 2.24. The first-order valence-electron chi connectivity index (χ1n) is 6.11. The zero-order chi connectivity index (χ0) is 14.5. The molecule has 104 valence electrons. The van der Waals surface area contributed by atoms with Gasteiger partial charge in [0.25, 0.3) is 0 Å². The van der Waals surface area contributed by atoms with E-state index in [1.54, 1.807) is 30.3 Å². The van der Waals surface area contributed by atoms with Gasteiger partial charge < -0.3 is 4.74 Å². The van der Waals surface area contributed by atoms with Crippen LogP contribution in [0.25, 0.3) is 0 Å². The van der Waals surface area contributed by atoms with Crippen LogP contribution >= 0.6 is 23.2 Å². The van der Waals surface area contributed by atoms with Gasteiger partial charge in [-0.15, -0.1) is 0 Å². The zero-order valence-corrected chi connectivity index (χ0v) is 12.3. The number of anilines is 1. The lowest BCUT2D eigenvalue weighted by Crippen LogP contribution is -2.16. The molecule has 0 aliphatic rings. The lowest BCUT2D eigenvalue weighted by molar-refractivity contribution is 0.215. The van der Waals surface area contributed by atoms with Crippen LogP contribution < -0.4 is 10.1 Å². The molecule has 0 unspecified atom stereocenters. The molecule has 2 aromatic rings. The number of nitrogens with one attached hydrogen (secondary N) is 1. The van der Waals surface area contributed by atoms with E-state index in [0.717, 1.165) is 12.0 Å². The van der Waals surface area contributed by atoms with Crippen molar-refractivity contribution in [2.75, 3.05) is 5.32 Å². The van der Waals surface area contributed by atoms with Gasteiger partial charge in [-0.05, 0) is 48.4 Å². The molecule has 2 aromatic carbocycles. The van der Waals surface area contributed by atoms with Gasteiger partial charge in [0, 0.05) is 5.02 Å². The highest BCUT2D eigenvalue weighted by molar-refractivity contribution is 6.33. The number of amides is 1. The first-order chi connectivity index (χ1) is 9.58. The summed E-state index contributed by atoms with van der Waals surface area (Å²) in [6, 6.07) is 12.0. The van der Waals surface area contributed by atoms with Crippen molar-refractivity contribution >= 4 is 35.0 Å². The van der Waals surface area contributed by atoms with E-state index in [4.69, 9.17) is 27.9 Å². The maximum Gasteiger partial charge on any atom is 0.417 e. The first-order valence-corrected chi connectivity index (χ1v) is 6.87. The Morgan fingerprint density at radius 3 is 2.45 bits per heavy atom. The Hall–Kier alpha value is -1.71. The summed E-state index contributed by atoms with van der Waals surface area (Å²) < 4.78 is 5.12. The fraction of sp³-hybridized carbons (Fsp3) is 0.133. The molecule has 0 spiro atoms. The van der Waals surface area contributed by atoms with Crippen molar-refractivity contribution in [1.82, 2.24) is 0 Å². The Bertz CT molecular complexity index is 612. The van der Waals surface area contributed by atoms with Gasteiger partial charge in [0.1, 0.15) is 5.75 Å². The Kier molecular flexibility index (Phi) is 4.88. The molecule has 3 nitrogen and oxygen atoms in total. The van der Waals surface area contributed by atoms with Gasteiger partial charge in [0.2, 0.25) is 0 Å². The highest BCUT2D eigenvalue weighted by Gasteiger charge is 2.08. The fourth-order valence-corrected chi connectivity index (χ4v) is 2.00. The topological polar surface area (TPSA) is 38.3 Å². The van der Waals surface area contributed by atoms with E-state index in [2.05, 4.69) is 5.32 Å². The molecule has 0 aliphatic carbocycles. The zero-order valence-electron chi connectivity index (χ0n) is 10.8. The van der Waals surface area contributed by atoms with Gasteiger partial charge in [0.15, 0.2) is 0 Å². The molecular weight excluding hydrogens is 297 g/mol. The predicted molar refractivity (Wildman–Crippen MR) is 81.9 cm³/mol. The lowest BCUT2D eigenvalue weighted by Gasteiger charge is -2.09. The summed E-state index contributed by atoms with van der Waals surface area (Å²) in [6.45, 7) is 2.04. The standard InChI is InChI=1S/C15H13Cl2NO2/c1-2-10-3-8-14(13(17)9-10)18-15(19)20-12-6-4-11(16)5-7-12/h3-9H,2H2,1H3,(H,18,19). The third kappa shape index (κ3) is 3.89. The van der Waals surface area contributed by atoms with E-state index >= 15 is 0 Å². The third-order valence-corrected chi connectivity index (χ3v) is 3.27. The van der Waals surface area contributed by atoms with Gasteiger partial charge in [0.05, 0.1) is 10.7 Å². The van der Waals surface area contributed by atoms with E-state index in [1.165, 1.54) is 0 Å². The largest absolute Gasteiger partial charge is 0.417 e. The minimum atomic E-state index is -0.599. The summed E-state index contributed by atoms with van der Waals surface area (Å²) in [6.07, 6.45) is 0.286. The SMILES string of the molecule is CCc1ccc(NC(=O)Oc2ccc(Cl)cc2)c(Cl)c1. The van der Waals surface area contributed by atoms with Crippen molar-refractivity contribution in [1.29, 1.82) is 0 Å². The molecule has 0 radical (unpaired) electrons. The van der Waals surface area contributed by atoms with Crippen molar-refractivity contribution in [2.24, 2.45) is 0 Å². The molecule has 0 aliphatic heterocycles. The molecule has 0 saturated heterocycles. The maximum absolute atomic E-state index is 11.7. The van der Waals surface area contributed by atoms with Crippen LogP contribution in [0.4, 0.5) is 10.5 Å². The van der Waals surface area contributed by atoms with Crippen LogP contribution in [0.5, 0.6) is 5.75 Å². The minimum absolute atomic E-state index is 0.410. The third-order valence-electron chi connectivity index (χ3n) is 2.70. The molecule has 2 rings (SSSR count). The van der Waals surface area contributed by atoms with Gasteiger partial charge in [-0.1, -0.05) is 36.2 Å². The van der Waals surface area contributed by atoms with Gasteiger partial charge >= 0.3 is 6.09 Å². The Balaban J connectivity index is 2.02. The normalized spacial score (nSPS) is 10.2. The van der Waals surface area contributed by atoms with Crippen molar-refractivity contribution in [2.45, 2.75) is 13.3 Å². The average Bonchev–Trinajstić information content (AvgIpc) is 2.43. The second-order valence-corrected chi connectivity index (χ2v) is 4.98. The molecule has 20 heavy (non-hydrogen) atoms. The summed E-state index contributed by atoms with van der Waals surface area (Å²) >= 11 is 11.8. The maximum atomic E-state index is 11.7. The Labute approximate surface area is 127 Å². The number of ether oxygens (including phenoxy) is 1. The number of hydrogen-bond acceptors (Lipinski definition) is 2. The smallest absolute Gasteiger partial charge is 0.410 e. The van der Waals surface area contributed by atoms with Gasteiger partial charge in [-0.3, -0.25) is 5.32 Å². The van der Waals surface area contributed by atoms with Crippen LogP contribution in [0.2, 0.25) is 10.0 Å².